The molecule has 3 nitrogen and oxygen atoms in total. The van der Waals surface area contributed by atoms with E-state index < -0.39 is 0 Å². The van der Waals surface area contributed by atoms with E-state index in [4.69, 9.17) is 0 Å². The van der Waals surface area contributed by atoms with Crippen LogP contribution in [0.1, 0.15) is 25.2 Å². The molecule has 0 atom stereocenters. The van der Waals surface area contributed by atoms with Gasteiger partial charge in [-0.15, -0.1) is 11.8 Å². The number of imidazole rings is 1. The van der Waals surface area contributed by atoms with E-state index in [2.05, 4.69) is 59.2 Å². The molecule has 4 heteroatoms. The van der Waals surface area contributed by atoms with Crippen molar-refractivity contribution in [3.63, 3.8) is 0 Å². The van der Waals surface area contributed by atoms with Gasteiger partial charge in [0.2, 0.25) is 0 Å². The molecule has 102 valence electrons. The van der Waals surface area contributed by atoms with Gasteiger partial charge in [-0.2, -0.15) is 0 Å². The number of benzene rings is 1. The fraction of sp³-hybridized carbons (Fsp3) is 0.400. The van der Waals surface area contributed by atoms with Gasteiger partial charge < -0.3 is 4.98 Å². The lowest BCUT2D eigenvalue weighted by Crippen LogP contribution is -2.30. The number of hydrogen-bond donors (Lipinski definition) is 1. The third-order valence-electron chi connectivity index (χ3n) is 3.16. The minimum Gasteiger partial charge on any atom is -0.348 e. The Morgan fingerprint density at radius 1 is 1.32 bits per heavy atom. The number of H-pyrrole nitrogens is 1. The van der Waals surface area contributed by atoms with Crippen molar-refractivity contribution in [2.45, 2.75) is 37.9 Å². The van der Waals surface area contributed by atoms with Gasteiger partial charge in [0.05, 0.1) is 6.54 Å². The quantitative estimate of drug-likeness (QED) is 0.818. The standard InChI is InChI=1S/C15H21N3S/c1-12(2)18(11-15-16-7-8-17-15)10-13-5-4-6-14(9-13)19-3/h4-9,12H,10-11H2,1-3H3,(H,16,17). The molecule has 0 bridgehead atoms. The monoisotopic (exact) mass is 275 g/mol. The third kappa shape index (κ3) is 4.11. The van der Waals surface area contributed by atoms with Crippen LogP contribution in [-0.4, -0.2) is 27.2 Å². The average Bonchev–Trinajstić information content (AvgIpc) is 2.91. The Hall–Kier alpha value is -1.26. The maximum Gasteiger partial charge on any atom is 0.120 e. The summed E-state index contributed by atoms with van der Waals surface area (Å²) in [6.45, 7) is 6.25. The minimum absolute atomic E-state index is 0.489. The number of aromatic amines is 1. The highest BCUT2D eigenvalue weighted by Gasteiger charge is 2.12. The van der Waals surface area contributed by atoms with E-state index in [1.54, 1.807) is 11.8 Å². The lowest BCUT2D eigenvalue weighted by atomic mass is 10.2. The van der Waals surface area contributed by atoms with E-state index in [0.29, 0.717) is 6.04 Å². The first-order valence-corrected chi connectivity index (χ1v) is 7.76. The van der Waals surface area contributed by atoms with Gasteiger partial charge in [0.25, 0.3) is 0 Å². The van der Waals surface area contributed by atoms with E-state index >= 15 is 0 Å². The molecule has 0 aliphatic carbocycles. The number of nitrogens with one attached hydrogen (secondary N) is 1. The van der Waals surface area contributed by atoms with Crippen molar-refractivity contribution in [1.29, 1.82) is 0 Å². The van der Waals surface area contributed by atoms with Crippen LogP contribution in [-0.2, 0) is 13.1 Å². The Labute approximate surface area is 119 Å². The van der Waals surface area contributed by atoms with E-state index in [-0.39, 0.29) is 0 Å². The average molecular weight is 275 g/mol. The van der Waals surface area contributed by atoms with Crippen molar-refractivity contribution in [3.8, 4) is 0 Å². The highest BCUT2D eigenvalue weighted by Crippen LogP contribution is 2.18. The largest absolute Gasteiger partial charge is 0.348 e. The molecular weight excluding hydrogens is 254 g/mol. The summed E-state index contributed by atoms with van der Waals surface area (Å²) in [5.74, 6) is 1.02. The lowest BCUT2D eigenvalue weighted by Gasteiger charge is -2.25. The number of nitrogens with zero attached hydrogens (tertiary/aromatic N) is 2. The first-order valence-electron chi connectivity index (χ1n) is 6.54. The summed E-state index contributed by atoms with van der Waals surface area (Å²) >= 11 is 1.79. The third-order valence-corrected chi connectivity index (χ3v) is 3.88. The first-order chi connectivity index (χ1) is 9.19. The molecule has 0 saturated carbocycles. The molecule has 2 rings (SSSR count). The molecule has 0 saturated heterocycles. The van der Waals surface area contributed by atoms with Crippen LogP contribution in [0.4, 0.5) is 0 Å². The molecule has 0 amide bonds. The highest BCUT2D eigenvalue weighted by atomic mass is 32.2. The number of rotatable bonds is 6. The predicted molar refractivity (Wildman–Crippen MR) is 81.2 cm³/mol. The predicted octanol–water partition coefficient (Wildman–Crippen LogP) is 3.54. The summed E-state index contributed by atoms with van der Waals surface area (Å²) < 4.78 is 0. The molecule has 1 aromatic carbocycles. The second-order valence-corrected chi connectivity index (χ2v) is 5.77. The molecule has 0 fully saturated rings. The molecule has 0 unspecified atom stereocenters. The zero-order valence-electron chi connectivity index (χ0n) is 11.8. The Morgan fingerprint density at radius 2 is 2.16 bits per heavy atom. The number of thioether (sulfide) groups is 1. The Balaban J connectivity index is 2.07. The van der Waals surface area contributed by atoms with Crippen molar-refractivity contribution < 1.29 is 0 Å². The van der Waals surface area contributed by atoms with Gasteiger partial charge in [-0.1, -0.05) is 12.1 Å². The van der Waals surface area contributed by atoms with Crippen LogP contribution in [0.15, 0.2) is 41.6 Å². The zero-order chi connectivity index (χ0) is 13.7. The van der Waals surface area contributed by atoms with Gasteiger partial charge >= 0.3 is 0 Å². The van der Waals surface area contributed by atoms with Gasteiger partial charge in [-0.05, 0) is 37.8 Å². The molecule has 0 aliphatic heterocycles. The number of aromatic nitrogens is 2. The Morgan fingerprint density at radius 3 is 2.79 bits per heavy atom. The van der Waals surface area contributed by atoms with Crippen LogP contribution in [0.2, 0.25) is 0 Å². The summed E-state index contributed by atoms with van der Waals surface area (Å²) in [4.78, 5) is 11.2. The van der Waals surface area contributed by atoms with Crippen molar-refractivity contribution in [3.05, 3.63) is 48.0 Å². The fourth-order valence-electron chi connectivity index (χ4n) is 2.00. The Kier molecular flexibility index (Phi) is 5.05. The summed E-state index contributed by atoms with van der Waals surface area (Å²) in [5, 5.41) is 0. The fourth-order valence-corrected chi connectivity index (χ4v) is 2.49. The summed E-state index contributed by atoms with van der Waals surface area (Å²) in [6, 6.07) is 9.23. The molecule has 0 radical (unpaired) electrons. The normalized spacial score (nSPS) is 11.4. The molecule has 19 heavy (non-hydrogen) atoms. The SMILES string of the molecule is CSc1cccc(CN(Cc2ncc[nH]2)C(C)C)c1. The number of hydrogen-bond acceptors (Lipinski definition) is 3. The zero-order valence-corrected chi connectivity index (χ0v) is 12.6. The van der Waals surface area contributed by atoms with Crippen LogP contribution < -0.4 is 0 Å². The molecule has 1 N–H and O–H groups in total. The molecular formula is C15H21N3S. The van der Waals surface area contributed by atoms with Crippen LogP contribution in [0, 0.1) is 0 Å². The van der Waals surface area contributed by atoms with Gasteiger partial charge in [0.1, 0.15) is 5.82 Å². The van der Waals surface area contributed by atoms with E-state index in [9.17, 15) is 0 Å². The molecule has 2 aromatic rings. The molecule has 0 spiro atoms. The van der Waals surface area contributed by atoms with Crippen LogP contribution >= 0.6 is 11.8 Å². The van der Waals surface area contributed by atoms with Gasteiger partial charge in [-0.25, -0.2) is 4.98 Å². The van der Waals surface area contributed by atoms with Gasteiger partial charge in [0.15, 0.2) is 0 Å². The minimum atomic E-state index is 0.489. The van der Waals surface area contributed by atoms with Crippen LogP contribution in [0.3, 0.4) is 0 Å². The van der Waals surface area contributed by atoms with Crippen LogP contribution in [0.25, 0.3) is 0 Å². The molecule has 0 aliphatic rings. The van der Waals surface area contributed by atoms with Gasteiger partial charge in [0, 0.05) is 29.9 Å². The van der Waals surface area contributed by atoms with E-state index in [1.165, 1.54) is 10.5 Å². The lowest BCUT2D eigenvalue weighted by molar-refractivity contribution is 0.199. The van der Waals surface area contributed by atoms with Crippen molar-refractivity contribution in [1.82, 2.24) is 14.9 Å². The maximum absolute atomic E-state index is 4.31. The van der Waals surface area contributed by atoms with Crippen molar-refractivity contribution >= 4 is 11.8 Å². The summed E-state index contributed by atoms with van der Waals surface area (Å²) in [6.07, 6.45) is 5.80. The maximum atomic E-state index is 4.31. The van der Waals surface area contributed by atoms with Crippen molar-refractivity contribution in [2.24, 2.45) is 0 Å². The summed E-state index contributed by atoms with van der Waals surface area (Å²) in [5.41, 5.74) is 1.35. The summed E-state index contributed by atoms with van der Waals surface area (Å²) in [7, 11) is 0. The second-order valence-electron chi connectivity index (χ2n) is 4.89. The van der Waals surface area contributed by atoms with E-state index in [0.717, 1.165) is 18.9 Å². The topological polar surface area (TPSA) is 31.9 Å². The van der Waals surface area contributed by atoms with Crippen molar-refractivity contribution in [2.75, 3.05) is 6.26 Å². The smallest absolute Gasteiger partial charge is 0.120 e. The molecule has 1 heterocycles. The first kappa shape index (κ1) is 14.2. The highest BCUT2D eigenvalue weighted by molar-refractivity contribution is 7.98. The van der Waals surface area contributed by atoms with Crippen LogP contribution in [0.5, 0.6) is 0 Å². The van der Waals surface area contributed by atoms with E-state index in [1.807, 2.05) is 12.4 Å². The van der Waals surface area contributed by atoms with Gasteiger partial charge in [-0.3, -0.25) is 4.90 Å². The second kappa shape index (κ2) is 6.78. The molecule has 1 aromatic heterocycles. The Bertz CT molecular complexity index is 494.